The molecule has 1 aromatic heterocycles. The summed E-state index contributed by atoms with van der Waals surface area (Å²) in [5.41, 5.74) is 18.2. The molecular formula is C35H50N10O8. The highest BCUT2D eigenvalue weighted by atomic mass is 16.4. The molecule has 6 unspecified atom stereocenters. The Morgan fingerprint density at radius 2 is 1.51 bits per heavy atom. The van der Waals surface area contributed by atoms with Crippen LogP contribution in [0.15, 0.2) is 35.5 Å². The average Bonchev–Trinajstić information content (AvgIpc) is 3.97. The largest absolute Gasteiger partial charge is 0.480 e. The number of carboxylic acid groups (broad SMARTS) is 1. The van der Waals surface area contributed by atoms with Crippen molar-refractivity contribution in [3.8, 4) is 0 Å². The molecule has 3 aliphatic heterocycles. The van der Waals surface area contributed by atoms with Crippen molar-refractivity contribution >= 4 is 52.4 Å². The van der Waals surface area contributed by atoms with Gasteiger partial charge in [0.1, 0.15) is 36.3 Å². The number of carboxylic acids is 1. The number of benzene rings is 1. The minimum atomic E-state index is -1.20. The quantitative estimate of drug-likeness (QED) is 0.0568. The van der Waals surface area contributed by atoms with Gasteiger partial charge in [0.15, 0.2) is 5.96 Å². The second-order valence-corrected chi connectivity index (χ2v) is 13.8. The van der Waals surface area contributed by atoms with E-state index in [9.17, 15) is 39.0 Å². The van der Waals surface area contributed by atoms with Crippen LogP contribution in [0.1, 0.15) is 56.9 Å². The third kappa shape index (κ3) is 9.05. The van der Waals surface area contributed by atoms with Gasteiger partial charge < -0.3 is 57.7 Å². The minimum absolute atomic E-state index is 0.0303. The van der Waals surface area contributed by atoms with Crippen molar-refractivity contribution in [2.24, 2.45) is 22.2 Å². The van der Waals surface area contributed by atoms with E-state index in [-0.39, 0.29) is 44.9 Å². The molecule has 1 aromatic carbocycles. The molecule has 0 saturated carbocycles. The van der Waals surface area contributed by atoms with E-state index in [0.717, 1.165) is 16.5 Å². The maximum absolute atomic E-state index is 14.2. The van der Waals surface area contributed by atoms with Gasteiger partial charge in [0, 0.05) is 49.7 Å². The number of nitrogens with zero attached hydrogens (tertiary/aromatic N) is 4. The molecule has 3 fully saturated rings. The first-order chi connectivity index (χ1) is 25.4. The summed E-state index contributed by atoms with van der Waals surface area (Å²) in [6.07, 6.45) is 4.74. The molecule has 3 aliphatic rings. The molecule has 3 saturated heterocycles. The molecule has 53 heavy (non-hydrogen) atoms. The second-order valence-electron chi connectivity index (χ2n) is 13.8. The van der Waals surface area contributed by atoms with Crippen LogP contribution in [0.4, 0.5) is 0 Å². The first kappa shape index (κ1) is 39.0. The Bertz CT molecular complexity index is 1710. The predicted molar refractivity (Wildman–Crippen MR) is 193 cm³/mol. The number of carbonyl (C=O) groups excluding carboxylic acids is 5. The lowest BCUT2D eigenvalue weighted by atomic mass is 10.0. The van der Waals surface area contributed by atoms with Crippen LogP contribution in [0.2, 0.25) is 0 Å². The Balaban J connectivity index is 1.38. The summed E-state index contributed by atoms with van der Waals surface area (Å²) in [5, 5.41) is 25.7. The molecule has 288 valence electrons. The fourth-order valence-corrected chi connectivity index (χ4v) is 7.59. The molecular weight excluding hydrogens is 688 g/mol. The van der Waals surface area contributed by atoms with Crippen molar-refractivity contribution in [1.29, 1.82) is 0 Å². The van der Waals surface area contributed by atoms with Gasteiger partial charge in [-0.2, -0.15) is 0 Å². The number of nitrogens with one attached hydrogen (secondary N) is 3. The number of aromatic nitrogens is 1. The summed E-state index contributed by atoms with van der Waals surface area (Å²) in [6.45, 7) is 0.394. The van der Waals surface area contributed by atoms with Crippen molar-refractivity contribution in [1.82, 2.24) is 30.3 Å². The van der Waals surface area contributed by atoms with E-state index in [2.05, 4.69) is 20.6 Å². The van der Waals surface area contributed by atoms with Crippen molar-refractivity contribution < 1.29 is 39.0 Å². The minimum Gasteiger partial charge on any atom is -0.480 e. The van der Waals surface area contributed by atoms with Gasteiger partial charge in [-0.3, -0.25) is 29.0 Å². The molecule has 0 spiro atoms. The molecule has 4 heterocycles. The van der Waals surface area contributed by atoms with Crippen LogP contribution in [0.5, 0.6) is 0 Å². The fourth-order valence-electron chi connectivity index (χ4n) is 7.59. The Morgan fingerprint density at radius 3 is 2.19 bits per heavy atom. The molecule has 5 rings (SSSR count). The summed E-state index contributed by atoms with van der Waals surface area (Å²) >= 11 is 0. The van der Waals surface area contributed by atoms with Crippen LogP contribution < -0.4 is 27.8 Å². The van der Waals surface area contributed by atoms with Gasteiger partial charge >= 0.3 is 5.97 Å². The summed E-state index contributed by atoms with van der Waals surface area (Å²) in [4.78, 5) is 92.0. The van der Waals surface area contributed by atoms with E-state index in [1.807, 2.05) is 24.3 Å². The SMILES string of the molecule is NC(N)=NCCCC(NC(=O)C(Cc1c[nH]c2ccccc12)NC(=O)C1CCCN1C(=O)C1CCCN1C(=O)C(N)CO)C(=O)N1CCCC1C(=O)O. The summed E-state index contributed by atoms with van der Waals surface area (Å²) in [6, 6.07) is 1.17. The topological polar surface area (TPSA) is 283 Å². The van der Waals surface area contributed by atoms with Crippen molar-refractivity contribution in [3.63, 3.8) is 0 Å². The number of aliphatic hydroxyl groups excluding tert-OH is 1. The molecule has 0 bridgehead atoms. The summed E-state index contributed by atoms with van der Waals surface area (Å²) in [7, 11) is 0. The van der Waals surface area contributed by atoms with Gasteiger partial charge in [-0.05, 0) is 63.0 Å². The Hall–Kier alpha value is -5.23. The van der Waals surface area contributed by atoms with E-state index in [1.165, 1.54) is 14.7 Å². The van der Waals surface area contributed by atoms with Gasteiger partial charge in [-0.15, -0.1) is 0 Å². The number of hydrogen-bond acceptors (Lipinski definition) is 9. The summed E-state index contributed by atoms with van der Waals surface area (Å²) in [5.74, 6) is -4.01. The van der Waals surface area contributed by atoms with E-state index in [4.69, 9.17) is 17.2 Å². The monoisotopic (exact) mass is 738 g/mol. The van der Waals surface area contributed by atoms with Gasteiger partial charge in [0.25, 0.3) is 0 Å². The van der Waals surface area contributed by atoms with Crippen LogP contribution in [0.3, 0.4) is 0 Å². The number of hydrogen-bond donors (Lipinski definition) is 8. The summed E-state index contributed by atoms with van der Waals surface area (Å²) < 4.78 is 0. The number of guanidine groups is 1. The number of amides is 5. The van der Waals surface area contributed by atoms with Crippen LogP contribution in [0.25, 0.3) is 10.9 Å². The van der Waals surface area contributed by atoms with Gasteiger partial charge in [-0.25, -0.2) is 4.79 Å². The van der Waals surface area contributed by atoms with Crippen LogP contribution >= 0.6 is 0 Å². The Morgan fingerprint density at radius 1 is 0.868 bits per heavy atom. The highest BCUT2D eigenvalue weighted by Gasteiger charge is 2.44. The number of fused-ring (bicyclic) bond motifs is 1. The van der Waals surface area contributed by atoms with E-state index >= 15 is 0 Å². The molecule has 18 heteroatoms. The molecule has 2 aromatic rings. The maximum atomic E-state index is 14.2. The second kappa shape index (κ2) is 17.5. The molecule has 5 amide bonds. The van der Waals surface area contributed by atoms with E-state index in [0.29, 0.717) is 45.1 Å². The number of likely N-dealkylation sites (tertiary alicyclic amines) is 3. The maximum Gasteiger partial charge on any atom is 0.326 e. The first-order valence-corrected chi connectivity index (χ1v) is 18.1. The van der Waals surface area contributed by atoms with E-state index in [1.54, 1.807) is 6.20 Å². The van der Waals surface area contributed by atoms with Crippen molar-refractivity contribution in [3.05, 3.63) is 36.0 Å². The van der Waals surface area contributed by atoms with Crippen molar-refractivity contribution in [2.45, 2.75) is 94.0 Å². The molecule has 11 N–H and O–H groups in total. The molecule has 0 aliphatic carbocycles. The smallest absolute Gasteiger partial charge is 0.326 e. The third-order valence-corrected chi connectivity index (χ3v) is 10.3. The third-order valence-electron chi connectivity index (χ3n) is 10.3. The number of aliphatic hydroxyl groups is 1. The number of carbonyl (C=O) groups is 6. The molecule has 0 radical (unpaired) electrons. The number of para-hydroxylation sites is 1. The zero-order chi connectivity index (χ0) is 38.2. The lowest BCUT2D eigenvalue weighted by Crippen LogP contribution is -2.59. The average molecular weight is 739 g/mol. The lowest BCUT2D eigenvalue weighted by Gasteiger charge is -2.32. The van der Waals surface area contributed by atoms with Crippen LogP contribution in [-0.2, 0) is 35.2 Å². The van der Waals surface area contributed by atoms with Crippen LogP contribution in [-0.4, -0.2) is 140 Å². The zero-order valence-electron chi connectivity index (χ0n) is 29.6. The Kier molecular flexibility index (Phi) is 12.9. The van der Waals surface area contributed by atoms with Crippen molar-refractivity contribution in [2.75, 3.05) is 32.8 Å². The Labute approximate surface area is 306 Å². The zero-order valence-corrected chi connectivity index (χ0v) is 29.6. The van der Waals surface area contributed by atoms with Gasteiger partial charge in [0.2, 0.25) is 29.5 Å². The number of aliphatic imine (C=N–C) groups is 1. The first-order valence-electron chi connectivity index (χ1n) is 18.1. The number of rotatable bonds is 15. The highest BCUT2D eigenvalue weighted by Crippen LogP contribution is 2.26. The van der Waals surface area contributed by atoms with Gasteiger partial charge in [0.05, 0.1) is 6.61 Å². The van der Waals surface area contributed by atoms with E-state index < -0.39 is 78.4 Å². The van der Waals surface area contributed by atoms with Gasteiger partial charge in [-0.1, -0.05) is 18.2 Å². The standard InChI is InChI=1S/C35H50N10O8/c36-22(19-46)31(49)44-15-5-11-27(44)33(51)43-14-4-10-26(43)30(48)42-25(17-20-18-40-23-8-2-1-7-21(20)23)29(47)41-24(9-3-13-39-35(37)38)32(50)45-16-6-12-28(45)34(52)53/h1-2,7-8,18,22,24-28,40,46H,3-6,9-17,19,36H2,(H,41,47)(H,42,48)(H,52,53)(H4,37,38,39). The molecule has 18 nitrogen and oxygen atoms in total. The highest BCUT2D eigenvalue weighted by molar-refractivity contribution is 5.97. The lowest BCUT2D eigenvalue weighted by molar-refractivity contribution is -0.149. The molecule has 6 atom stereocenters. The number of nitrogens with two attached hydrogens (primary N) is 3. The normalized spacial score (nSPS) is 21.6. The van der Waals surface area contributed by atoms with Crippen LogP contribution in [0, 0.1) is 0 Å². The predicted octanol–water partition coefficient (Wildman–Crippen LogP) is -1.89. The fraction of sp³-hybridized carbons (Fsp3) is 0.571. The number of aliphatic carboxylic acids is 1. The number of aromatic amines is 1. The number of H-pyrrole nitrogens is 1.